The number of carbonyl (C=O) groups is 1. The molecule has 0 fully saturated rings. The van der Waals surface area contributed by atoms with Crippen molar-refractivity contribution in [2.24, 2.45) is 5.92 Å². The molecule has 1 amide bonds. The maximum atomic E-state index is 13.7. The summed E-state index contributed by atoms with van der Waals surface area (Å²) in [6, 6.07) is 8.73. The maximum Gasteiger partial charge on any atom is 0.229 e. The molecule has 3 aromatic rings. The molecule has 31 heavy (non-hydrogen) atoms. The monoisotopic (exact) mass is 421 g/mol. The van der Waals surface area contributed by atoms with Crippen molar-refractivity contribution in [3.8, 4) is 11.5 Å². The normalized spacial score (nSPS) is 21.6. The highest BCUT2D eigenvalue weighted by molar-refractivity contribution is 6.00. The minimum absolute atomic E-state index is 0.00984. The second-order valence-electron chi connectivity index (χ2n) is 8.73. The van der Waals surface area contributed by atoms with Crippen LogP contribution in [0.3, 0.4) is 0 Å². The largest absolute Gasteiger partial charge is 0.485 e. The van der Waals surface area contributed by atoms with Crippen molar-refractivity contribution in [3.05, 3.63) is 53.0 Å². The Morgan fingerprint density at radius 2 is 2.10 bits per heavy atom. The van der Waals surface area contributed by atoms with Crippen LogP contribution in [0.2, 0.25) is 0 Å². The molecule has 0 bridgehead atoms. The minimum Gasteiger partial charge on any atom is -0.485 e. The van der Waals surface area contributed by atoms with Crippen molar-refractivity contribution in [1.29, 1.82) is 0 Å². The van der Waals surface area contributed by atoms with E-state index in [0.717, 1.165) is 48.0 Å². The molecule has 1 unspecified atom stereocenters. The number of fused-ring (bicyclic) bond motifs is 6. The van der Waals surface area contributed by atoms with E-state index < -0.39 is 0 Å². The number of H-pyrrole nitrogens is 1. The maximum absolute atomic E-state index is 13.7. The molecule has 6 nitrogen and oxygen atoms in total. The number of aromatic nitrogens is 1. The van der Waals surface area contributed by atoms with E-state index in [-0.39, 0.29) is 17.8 Å². The van der Waals surface area contributed by atoms with E-state index in [0.29, 0.717) is 37.0 Å². The number of hydrogen-bond donors (Lipinski definition) is 3. The van der Waals surface area contributed by atoms with Crippen LogP contribution in [0.25, 0.3) is 10.9 Å². The van der Waals surface area contributed by atoms with Crippen LogP contribution < -0.4 is 20.1 Å². The molecular formula is C24H24FN3O3. The Labute approximate surface area is 179 Å². The lowest BCUT2D eigenvalue weighted by Gasteiger charge is -2.29. The van der Waals surface area contributed by atoms with E-state index in [1.54, 1.807) is 6.07 Å². The summed E-state index contributed by atoms with van der Waals surface area (Å²) in [5.41, 5.74) is 5.24. The first kappa shape index (κ1) is 18.7. The second-order valence-corrected chi connectivity index (χ2v) is 8.73. The van der Waals surface area contributed by atoms with Crippen LogP contribution in [0.5, 0.6) is 11.5 Å². The first-order chi connectivity index (χ1) is 15.1. The Morgan fingerprint density at radius 1 is 1.16 bits per heavy atom. The standard InChI is InChI=1S/C24H24FN3O3/c25-14-2-4-20-17(8-14)16-7-13(1-3-19(16)27-20)10-26-11-15-12-30-24-18-9-23(29)28-21(18)5-6-22(24)31-15/h2,4-6,8,13,15,26-27H,1,3,7,9-12H2,(H,28,29)/t13?,15-/m0/s1. The third-order valence-electron chi connectivity index (χ3n) is 6.60. The molecule has 2 aromatic carbocycles. The molecule has 160 valence electrons. The number of amides is 1. The minimum atomic E-state index is -0.185. The van der Waals surface area contributed by atoms with Gasteiger partial charge in [0.15, 0.2) is 11.5 Å². The van der Waals surface area contributed by atoms with Gasteiger partial charge in [0.05, 0.1) is 6.42 Å². The first-order valence-corrected chi connectivity index (χ1v) is 10.9. The van der Waals surface area contributed by atoms with E-state index in [1.807, 2.05) is 18.2 Å². The molecule has 0 radical (unpaired) electrons. The van der Waals surface area contributed by atoms with Crippen LogP contribution in [0.4, 0.5) is 10.1 Å². The van der Waals surface area contributed by atoms with Crippen LogP contribution in [0.1, 0.15) is 23.2 Å². The quantitative estimate of drug-likeness (QED) is 0.604. The highest BCUT2D eigenvalue weighted by Gasteiger charge is 2.30. The van der Waals surface area contributed by atoms with Gasteiger partial charge in [-0.3, -0.25) is 4.79 Å². The molecule has 1 aliphatic carbocycles. The van der Waals surface area contributed by atoms with Crippen molar-refractivity contribution < 1.29 is 18.7 Å². The molecule has 0 saturated carbocycles. The van der Waals surface area contributed by atoms with Crippen LogP contribution in [-0.4, -0.2) is 36.7 Å². The zero-order valence-electron chi connectivity index (χ0n) is 17.1. The zero-order chi connectivity index (χ0) is 20.9. The number of rotatable bonds is 4. The molecule has 2 atom stereocenters. The number of ether oxygens (including phenoxy) is 2. The number of hydrogen-bond acceptors (Lipinski definition) is 4. The smallest absolute Gasteiger partial charge is 0.229 e. The van der Waals surface area contributed by atoms with Crippen molar-refractivity contribution in [2.45, 2.75) is 31.8 Å². The number of anilines is 1. The van der Waals surface area contributed by atoms with Gasteiger partial charge in [-0.2, -0.15) is 0 Å². The van der Waals surface area contributed by atoms with Crippen molar-refractivity contribution in [1.82, 2.24) is 10.3 Å². The van der Waals surface area contributed by atoms with E-state index in [4.69, 9.17) is 9.47 Å². The van der Waals surface area contributed by atoms with Crippen molar-refractivity contribution in [3.63, 3.8) is 0 Å². The van der Waals surface area contributed by atoms with E-state index in [1.165, 1.54) is 17.3 Å². The summed E-state index contributed by atoms with van der Waals surface area (Å²) < 4.78 is 25.8. The van der Waals surface area contributed by atoms with E-state index >= 15 is 0 Å². The van der Waals surface area contributed by atoms with Gasteiger partial charge >= 0.3 is 0 Å². The summed E-state index contributed by atoms with van der Waals surface area (Å²) in [6.07, 6.45) is 3.31. The first-order valence-electron chi connectivity index (χ1n) is 10.9. The van der Waals surface area contributed by atoms with E-state index in [9.17, 15) is 9.18 Å². The fraction of sp³-hybridized carbons (Fsp3) is 0.375. The van der Waals surface area contributed by atoms with Gasteiger partial charge in [0, 0.05) is 34.4 Å². The summed E-state index contributed by atoms with van der Waals surface area (Å²) >= 11 is 0. The highest BCUT2D eigenvalue weighted by atomic mass is 19.1. The number of halogens is 1. The van der Waals surface area contributed by atoms with E-state index in [2.05, 4.69) is 15.6 Å². The SMILES string of the molecule is O=C1Cc2c(ccc3c2OC[C@H](CNCC2CCc4[nH]c5ccc(F)cc5c4C2)O3)N1. The summed E-state index contributed by atoms with van der Waals surface area (Å²) in [7, 11) is 0. The average molecular weight is 421 g/mol. The van der Waals surface area contributed by atoms with Gasteiger partial charge in [-0.15, -0.1) is 0 Å². The fourth-order valence-corrected chi connectivity index (χ4v) is 5.08. The molecule has 3 heterocycles. The molecule has 1 aromatic heterocycles. The Balaban J connectivity index is 1.07. The van der Waals surface area contributed by atoms with Crippen molar-refractivity contribution >= 4 is 22.5 Å². The van der Waals surface area contributed by atoms with Crippen LogP contribution in [0, 0.1) is 11.7 Å². The molecule has 7 heteroatoms. The molecule has 6 rings (SSSR count). The average Bonchev–Trinajstić information content (AvgIpc) is 3.33. The zero-order valence-corrected chi connectivity index (χ0v) is 17.1. The third-order valence-corrected chi connectivity index (χ3v) is 6.60. The molecule has 0 saturated heterocycles. The van der Waals surface area contributed by atoms with Gasteiger partial charge in [-0.25, -0.2) is 4.39 Å². The Bertz CT molecular complexity index is 1190. The fourth-order valence-electron chi connectivity index (χ4n) is 5.08. The highest BCUT2D eigenvalue weighted by Crippen LogP contribution is 2.41. The number of benzene rings is 2. The van der Waals surface area contributed by atoms with Gasteiger partial charge in [-0.05, 0) is 67.6 Å². The molecular weight excluding hydrogens is 397 g/mol. The number of aryl methyl sites for hydroxylation is 1. The predicted molar refractivity (Wildman–Crippen MR) is 115 cm³/mol. The van der Waals surface area contributed by atoms with Crippen molar-refractivity contribution in [2.75, 3.05) is 25.0 Å². The third kappa shape index (κ3) is 3.33. The summed E-state index contributed by atoms with van der Waals surface area (Å²) in [5.74, 6) is 1.71. The summed E-state index contributed by atoms with van der Waals surface area (Å²) in [6.45, 7) is 2.04. The van der Waals surface area contributed by atoms with Gasteiger partial charge < -0.3 is 25.1 Å². The van der Waals surface area contributed by atoms with Crippen LogP contribution in [0.15, 0.2) is 30.3 Å². The molecule has 3 aliphatic rings. The molecule has 0 spiro atoms. The number of carbonyl (C=O) groups excluding carboxylic acids is 1. The van der Waals surface area contributed by atoms with Crippen LogP contribution >= 0.6 is 0 Å². The Hall–Kier alpha value is -3.06. The lowest BCUT2D eigenvalue weighted by molar-refractivity contribution is -0.115. The molecule has 2 aliphatic heterocycles. The predicted octanol–water partition coefficient (Wildman–Crippen LogP) is 3.34. The lowest BCUT2D eigenvalue weighted by atomic mass is 9.86. The van der Waals surface area contributed by atoms with Crippen LogP contribution in [-0.2, 0) is 24.1 Å². The number of aromatic amines is 1. The van der Waals surface area contributed by atoms with Gasteiger partial charge in [0.1, 0.15) is 18.5 Å². The number of nitrogens with one attached hydrogen (secondary N) is 3. The van der Waals surface area contributed by atoms with Gasteiger partial charge in [0.2, 0.25) is 5.91 Å². The van der Waals surface area contributed by atoms with Gasteiger partial charge in [0.25, 0.3) is 0 Å². The Morgan fingerprint density at radius 3 is 3.03 bits per heavy atom. The van der Waals surface area contributed by atoms with Gasteiger partial charge in [-0.1, -0.05) is 0 Å². The summed E-state index contributed by atoms with van der Waals surface area (Å²) in [4.78, 5) is 15.1. The topological polar surface area (TPSA) is 75.4 Å². The second kappa shape index (κ2) is 7.27. The Kier molecular flexibility index (Phi) is 4.38. The molecule has 3 N–H and O–H groups in total. The lowest BCUT2D eigenvalue weighted by Crippen LogP contribution is -2.40. The summed E-state index contributed by atoms with van der Waals surface area (Å²) in [5, 5.41) is 7.40.